The highest BCUT2D eigenvalue weighted by molar-refractivity contribution is 6.36. The molecule has 0 fully saturated rings. The Balaban J connectivity index is 2.37. The van der Waals surface area contributed by atoms with Gasteiger partial charge in [-0.1, -0.05) is 24.3 Å². The van der Waals surface area contributed by atoms with Crippen molar-refractivity contribution in [2.75, 3.05) is 0 Å². The number of fused-ring (bicyclic) bond motifs is 8. The Hall–Kier alpha value is -2.56. The molecule has 0 atom stereocenters. The van der Waals surface area contributed by atoms with Gasteiger partial charge in [0.25, 0.3) is 0 Å². The van der Waals surface area contributed by atoms with Crippen LogP contribution >= 0.6 is 0 Å². The monoisotopic (exact) mass is 238 g/mol. The van der Waals surface area contributed by atoms with Crippen LogP contribution in [0.1, 0.15) is 27.1 Å². The Bertz CT molecular complexity index is 795. The van der Waals surface area contributed by atoms with Crippen molar-refractivity contribution >= 4 is 33.4 Å². The standard InChI is InChI=1S/C13H6N2O3/c16-8-5-9(17)11-10(8)12-6-3-1-2-4-7(6)13(11)15(12)14-18/h1-4H,5H2. The summed E-state index contributed by atoms with van der Waals surface area (Å²) < 4.78 is 1.17. The number of carbonyl (C=O) groups is 2. The third-order valence-electron chi connectivity index (χ3n) is 3.54. The van der Waals surface area contributed by atoms with Gasteiger partial charge in [0.1, 0.15) is 0 Å². The van der Waals surface area contributed by atoms with Crippen LogP contribution in [-0.2, 0) is 0 Å². The highest BCUT2D eigenvalue weighted by Gasteiger charge is 2.38. The Morgan fingerprint density at radius 2 is 1.44 bits per heavy atom. The predicted molar refractivity (Wildman–Crippen MR) is 65.1 cm³/mol. The number of aromatic nitrogens is 1. The van der Waals surface area contributed by atoms with Crippen molar-refractivity contribution in [1.29, 1.82) is 0 Å². The maximum absolute atomic E-state index is 11.8. The van der Waals surface area contributed by atoms with E-state index in [2.05, 4.69) is 5.29 Å². The second-order valence-electron chi connectivity index (χ2n) is 4.41. The zero-order chi connectivity index (χ0) is 12.4. The first-order valence-corrected chi connectivity index (χ1v) is 5.52. The first-order chi connectivity index (χ1) is 8.74. The molecule has 2 aromatic heterocycles. The van der Waals surface area contributed by atoms with Gasteiger partial charge in [-0.2, -0.15) is 4.68 Å². The van der Waals surface area contributed by atoms with Gasteiger partial charge in [-0.15, -0.1) is 4.91 Å². The maximum atomic E-state index is 11.8. The van der Waals surface area contributed by atoms with Crippen molar-refractivity contribution in [3.8, 4) is 0 Å². The number of ketones is 2. The largest absolute Gasteiger partial charge is 0.294 e. The Morgan fingerprint density at radius 3 is 1.89 bits per heavy atom. The molecule has 3 aromatic rings. The summed E-state index contributed by atoms with van der Waals surface area (Å²) in [6.07, 6.45) is -0.0989. The number of hydrogen-bond acceptors (Lipinski definition) is 4. The van der Waals surface area contributed by atoms with E-state index in [1.807, 2.05) is 24.3 Å². The molecule has 4 rings (SSSR count). The number of carbonyl (C=O) groups excluding carboxylic acids is 2. The quantitative estimate of drug-likeness (QED) is 0.483. The third-order valence-corrected chi connectivity index (χ3v) is 3.54. The van der Waals surface area contributed by atoms with E-state index in [0.29, 0.717) is 22.2 Å². The molecule has 2 bridgehead atoms. The number of nitrogens with zero attached hydrogens (tertiary/aromatic N) is 2. The molecule has 1 aliphatic carbocycles. The second kappa shape index (κ2) is 2.81. The lowest BCUT2D eigenvalue weighted by molar-refractivity contribution is 0.0923. The Labute approximate surface area is 100 Å². The van der Waals surface area contributed by atoms with Crippen molar-refractivity contribution in [3.63, 3.8) is 0 Å². The van der Waals surface area contributed by atoms with E-state index in [0.717, 1.165) is 10.8 Å². The van der Waals surface area contributed by atoms with Crippen molar-refractivity contribution < 1.29 is 9.59 Å². The molecule has 0 saturated carbocycles. The van der Waals surface area contributed by atoms with Crippen molar-refractivity contribution in [1.82, 2.24) is 4.68 Å². The van der Waals surface area contributed by atoms with Gasteiger partial charge in [-0.05, 0) is 0 Å². The van der Waals surface area contributed by atoms with E-state index in [1.165, 1.54) is 4.68 Å². The molecule has 0 aliphatic heterocycles. The van der Waals surface area contributed by atoms with Gasteiger partial charge in [0.05, 0.1) is 33.9 Å². The molecular formula is C13H6N2O3. The average Bonchev–Trinajstić information content (AvgIpc) is 2.97. The molecule has 0 radical (unpaired) electrons. The molecule has 1 aromatic carbocycles. The number of nitroso groups, excluding NO2 is 1. The first kappa shape index (κ1) is 9.47. The maximum Gasteiger partial charge on any atom is 0.173 e. The Morgan fingerprint density at radius 1 is 0.944 bits per heavy atom. The zero-order valence-corrected chi connectivity index (χ0v) is 9.14. The number of hydrogen-bond donors (Lipinski definition) is 0. The average molecular weight is 238 g/mol. The van der Waals surface area contributed by atoms with E-state index in [9.17, 15) is 14.5 Å². The van der Waals surface area contributed by atoms with Crippen LogP contribution in [0.2, 0.25) is 0 Å². The molecule has 0 saturated heterocycles. The lowest BCUT2D eigenvalue weighted by atomic mass is 10.0. The van der Waals surface area contributed by atoms with Crippen LogP contribution in [0.3, 0.4) is 0 Å². The summed E-state index contributed by atoms with van der Waals surface area (Å²) in [5.74, 6) is -0.439. The fourth-order valence-electron chi connectivity index (χ4n) is 2.90. The third kappa shape index (κ3) is 0.818. The molecule has 5 heteroatoms. The summed E-state index contributed by atoms with van der Waals surface area (Å²) in [4.78, 5) is 34.7. The lowest BCUT2D eigenvalue weighted by Crippen LogP contribution is -1.95. The molecule has 0 amide bonds. The SMILES string of the molecule is O=Nn1c2c3c(c1c1ccccc12)C(=O)CC3=O. The minimum atomic E-state index is -0.219. The van der Waals surface area contributed by atoms with Gasteiger partial charge in [0.15, 0.2) is 11.6 Å². The number of rotatable bonds is 1. The molecule has 1 aliphatic rings. The molecule has 18 heavy (non-hydrogen) atoms. The van der Waals surface area contributed by atoms with E-state index >= 15 is 0 Å². The topological polar surface area (TPSA) is 68.5 Å². The van der Waals surface area contributed by atoms with Crippen LogP contribution in [0.25, 0.3) is 21.8 Å². The predicted octanol–water partition coefficient (Wildman–Crippen LogP) is 2.53. The van der Waals surface area contributed by atoms with E-state index in [4.69, 9.17) is 0 Å². The number of Topliss-reactive ketones (excluding diaryl/α,β-unsaturated/α-hetero) is 2. The van der Waals surface area contributed by atoms with Crippen molar-refractivity contribution in [2.24, 2.45) is 5.29 Å². The Kier molecular flexibility index (Phi) is 1.48. The highest BCUT2D eigenvalue weighted by Crippen LogP contribution is 2.42. The first-order valence-electron chi connectivity index (χ1n) is 5.52. The van der Waals surface area contributed by atoms with Crippen LogP contribution in [0.4, 0.5) is 0 Å². The van der Waals surface area contributed by atoms with Gasteiger partial charge in [-0.3, -0.25) is 9.59 Å². The molecule has 0 spiro atoms. The van der Waals surface area contributed by atoms with Gasteiger partial charge in [0, 0.05) is 10.8 Å². The second-order valence-corrected chi connectivity index (χ2v) is 4.41. The summed E-state index contributed by atoms with van der Waals surface area (Å²) in [5, 5.41) is 4.54. The van der Waals surface area contributed by atoms with Crippen LogP contribution in [0.15, 0.2) is 29.6 Å². The normalized spacial score (nSPS) is 14.9. The van der Waals surface area contributed by atoms with Gasteiger partial charge >= 0.3 is 0 Å². The highest BCUT2D eigenvalue weighted by atomic mass is 16.3. The fraction of sp³-hybridized carbons (Fsp3) is 0.0769. The summed E-state index contributed by atoms with van der Waals surface area (Å²) >= 11 is 0. The number of benzene rings is 2. The van der Waals surface area contributed by atoms with E-state index in [-0.39, 0.29) is 18.0 Å². The van der Waals surface area contributed by atoms with Crippen molar-refractivity contribution in [2.45, 2.75) is 6.42 Å². The summed E-state index contributed by atoms with van der Waals surface area (Å²) in [6, 6.07) is 7.32. The van der Waals surface area contributed by atoms with Crippen LogP contribution in [0.5, 0.6) is 0 Å². The summed E-state index contributed by atoms with van der Waals surface area (Å²) in [6.45, 7) is 0. The molecular weight excluding hydrogens is 232 g/mol. The van der Waals surface area contributed by atoms with E-state index in [1.54, 1.807) is 0 Å². The molecule has 5 nitrogen and oxygen atoms in total. The lowest BCUT2D eigenvalue weighted by Gasteiger charge is -1.96. The molecule has 0 N–H and O–H groups in total. The minimum absolute atomic E-state index is 0.0989. The fourth-order valence-corrected chi connectivity index (χ4v) is 2.90. The zero-order valence-electron chi connectivity index (χ0n) is 9.14. The smallest absolute Gasteiger partial charge is 0.173 e. The van der Waals surface area contributed by atoms with Crippen molar-refractivity contribution in [3.05, 3.63) is 40.3 Å². The van der Waals surface area contributed by atoms with Gasteiger partial charge < -0.3 is 0 Å². The summed E-state index contributed by atoms with van der Waals surface area (Å²) in [7, 11) is 0. The molecule has 86 valence electrons. The molecule has 0 unspecified atom stereocenters. The summed E-state index contributed by atoms with van der Waals surface area (Å²) in [5.41, 5.74) is 1.68. The van der Waals surface area contributed by atoms with Gasteiger partial charge in [-0.25, -0.2) is 0 Å². The molecule has 2 heterocycles. The van der Waals surface area contributed by atoms with Gasteiger partial charge in [0.2, 0.25) is 0 Å². The van der Waals surface area contributed by atoms with Crippen LogP contribution in [0, 0.1) is 4.91 Å². The van der Waals surface area contributed by atoms with Crippen LogP contribution < -0.4 is 0 Å². The minimum Gasteiger partial charge on any atom is -0.294 e. The van der Waals surface area contributed by atoms with Crippen LogP contribution in [-0.4, -0.2) is 16.2 Å². The van der Waals surface area contributed by atoms with E-state index < -0.39 is 0 Å².